The molecule has 5 rings (SSSR count). The monoisotopic (exact) mass is 488 g/mol. The van der Waals surface area contributed by atoms with Crippen LogP contribution in [0.1, 0.15) is 21.5 Å². The Labute approximate surface area is 211 Å². The summed E-state index contributed by atoms with van der Waals surface area (Å²) in [5.74, 6) is -0.522. The van der Waals surface area contributed by atoms with E-state index in [1.165, 1.54) is 23.3 Å². The SMILES string of the molecule is [C-]#[N+]c1cnn(-c2ncccn2)c1N=Nc1cc2ccccc2c(C(=O)Nc2ccc(C)c(C)c2)c1O. The average molecular weight is 489 g/mol. The van der Waals surface area contributed by atoms with Gasteiger partial charge < -0.3 is 10.4 Å². The number of hydrogen-bond acceptors (Lipinski definition) is 7. The van der Waals surface area contributed by atoms with Crippen LogP contribution in [0.25, 0.3) is 21.6 Å². The van der Waals surface area contributed by atoms with Gasteiger partial charge in [0.25, 0.3) is 17.5 Å². The number of aryl methyl sites for hydroxylation is 2. The van der Waals surface area contributed by atoms with Crippen LogP contribution in [-0.4, -0.2) is 30.8 Å². The van der Waals surface area contributed by atoms with Crippen LogP contribution in [-0.2, 0) is 0 Å². The van der Waals surface area contributed by atoms with Crippen molar-refractivity contribution in [1.82, 2.24) is 19.7 Å². The van der Waals surface area contributed by atoms with Gasteiger partial charge in [-0.2, -0.15) is 9.78 Å². The second kappa shape index (κ2) is 9.67. The second-order valence-electron chi connectivity index (χ2n) is 8.22. The van der Waals surface area contributed by atoms with Crippen LogP contribution in [0.15, 0.2) is 83.4 Å². The number of aromatic hydroxyl groups is 1. The predicted octanol–water partition coefficient (Wildman–Crippen LogP) is 6.36. The first-order valence-corrected chi connectivity index (χ1v) is 11.2. The molecular formula is C27H20N8O2. The van der Waals surface area contributed by atoms with Crippen LogP contribution in [0.5, 0.6) is 5.75 Å². The molecule has 0 aliphatic heterocycles. The van der Waals surface area contributed by atoms with Gasteiger partial charge in [0.2, 0.25) is 0 Å². The smallest absolute Gasteiger partial charge is 0.260 e. The number of aromatic nitrogens is 4. The number of rotatable bonds is 5. The van der Waals surface area contributed by atoms with Crippen LogP contribution >= 0.6 is 0 Å². The van der Waals surface area contributed by atoms with E-state index in [4.69, 9.17) is 6.57 Å². The van der Waals surface area contributed by atoms with Crippen molar-refractivity contribution in [2.75, 3.05) is 5.32 Å². The molecular weight excluding hydrogens is 468 g/mol. The van der Waals surface area contributed by atoms with E-state index < -0.39 is 5.91 Å². The molecule has 0 bridgehead atoms. The lowest BCUT2D eigenvalue weighted by atomic mass is 10.0. The van der Waals surface area contributed by atoms with Crippen molar-refractivity contribution >= 4 is 39.6 Å². The first-order chi connectivity index (χ1) is 18.0. The van der Waals surface area contributed by atoms with E-state index in [2.05, 4.69) is 35.5 Å². The Morgan fingerprint density at radius 1 is 1.03 bits per heavy atom. The van der Waals surface area contributed by atoms with Gasteiger partial charge in [-0.15, -0.1) is 10.2 Å². The third kappa shape index (κ3) is 4.49. The zero-order valence-corrected chi connectivity index (χ0v) is 19.9. The lowest BCUT2D eigenvalue weighted by Crippen LogP contribution is -2.13. The van der Waals surface area contributed by atoms with Gasteiger partial charge in [0.15, 0.2) is 11.6 Å². The summed E-state index contributed by atoms with van der Waals surface area (Å²) < 4.78 is 1.28. The maximum atomic E-state index is 13.4. The molecule has 0 atom stereocenters. The molecule has 10 nitrogen and oxygen atoms in total. The summed E-state index contributed by atoms with van der Waals surface area (Å²) in [5, 5.41) is 27.8. The summed E-state index contributed by atoms with van der Waals surface area (Å²) in [6, 6.07) is 16.1. The number of anilines is 1. The standard InChI is InChI=1S/C27H20N8O2/c1-16-9-10-19(13-17(16)2)32-26(37)23-20-8-5-4-7-18(20)14-21(24(23)36)33-34-25-22(28-3)15-31-35(25)27-29-11-6-12-30-27/h4-15,36H,1-2H3,(H,32,37). The molecule has 37 heavy (non-hydrogen) atoms. The molecule has 2 heterocycles. The third-order valence-corrected chi connectivity index (χ3v) is 5.83. The summed E-state index contributed by atoms with van der Waals surface area (Å²) in [7, 11) is 0. The molecule has 10 heteroatoms. The van der Waals surface area contributed by atoms with Crippen molar-refractivity contribution in [2.24, 2.45) is 10.2 Å². The molecule has 0 fully saturated rings. The number of hydrogen-bond donors (Lipinski definition) is 2. The van der Waals surface area contributed by atoms with Gasteiger partial charge >= 0.3 is 0 Å². The van der Waals surface area contributed by atoms with Crippen molar-refractivity contribution in [3.05, 3.63) is 101 Å². The maximum absolute atomic E-state index is 13.4. The lowest BCUT2D eigenvalue weighted by Gasteiger charge is -2.13. The molecule has 1 amide bonds. The zero-order valence-electron chi connectivity index (χ0n) is 19.9. The number of carbonyl (C=O) groups is 1. The molecule has 0 radical (unpaired) electrons. The number of benzene rings is 3. The van der Waals surface area contributed by atoms with Crippen molar-refractivity contribution in [3.63, 3.8) is 0 Å². The van der Waals surface area contributed by atoms with E-state index in [9.17, 15) is 9.90 Å². The third-order valence-electron chi connectivity index (χ3n) is 5.83. The van der Waals surface area contributed by atoms with Gasteiger partial charge in [0, 0.05) is 18.1 Å². The molecule has 3 aromatic carbocycles. The van der Waals surface area contributed by atoms with Crippen molar-refractivity contribution in [3.8, 4) is 11.7 Å². The number of amides is 1. The van der Waals surface area contributed by atoms with E-state index in [-0.39, 0.29) is 34.5 Å². The largest absolute Gasteiger partial charge is 0.505 e. The Hall–Kier alpha value is -5.43. The quantitative estimate of drug-likeness (QED) is 0.220. The normalized spacial score (nSPS) is 11.1. The van der Waals surface area contributed by atoms with Crippen molar-refractivity contribution in [2.45, 2.75) is 13.8 Å². The molecule has 2 aromatic heterocycles. The predicted molar refractivity (Wildman–Crippen MR) is 139 cm³/mol. The highest BCUT2D eigenvalue weighted by Gasteiger charge is 2.20. The zero-order chi connectivity index (χ0) is 25.9. The van der Waals surface area contributed by atoms with E-state index in [1.54, 1.807) is 24.3 Å². The Morgan fingerprint density at radius 3 is 2.57 bits per heavy atom. The van der Waals surface area contributed by atoms with Crippen LogP contribution in [0.3, 0.4) is 0 Å². The first-order valence-electron chi connectivity index (χ1n) is 11.2. The summed E-state index contributed by atoms with van der Waals surface area (Å²) in [6.45, 7) is 11.4. The first kappa shape index (κ1) is 23.3. The maximum Gasteiger partial charge on any atom is 0.260 e. The number of phenolic OH excluding ortho intramolecular Hbond substituents is 1. The number of nitrogens with one attached hydrogen (secondary N) is 1. The topological polar surface area (TPSA) is 122 Å². The summed E-state index contributed by atoms with van der Waals surface area (Å²) >= 11 is 0. The van der Waals surface area contributed by atoms with Crippen LogP contribution in [0.4, 0.5) is 22.9 Å². The van der Waals surface area contributed by atoms with E-state index in [0.717, 1.165) is 11.1 Å². The van der Waals surface area contributed by atoms with E-state index in [0.29, 0.717) is 16.5 Å². The highest BCUT2D eigenvalue weighted by molar-refractivity contribution is 6.16. The average Bonchev–Trinajstić information content (AvgIpc) is 3.33. The Bertz CT molecular complexity index is 1720. The number of nitrogens with zero attached hydrogens (tertiary/aromatic N) is 7. The number of phenols is 1. The molecule has 0 saturated carbocycles. The van der Waals surface area contributed by atoms with E-state index in [1.807, 2.05) is 44.2 Å². The lowest BCUT2D eigenvalue weighted by molar-refractivity contribution is 0.102. The fraction of sp³-hybridized carbons (Fsp3) is 0.0741. The Morgan fingerprint density at radius 2 is 1.81 bits per heavy atom. The highest BCUT2D eigenvalue weighted by Crippen LogP contribution is 2.39. The molecule has 5 aromatic rings. The number of fused-ring (bicyclic) bond motifs is 1. The van der Waals surface area contributed by atoms with Gasteiger partial charge in [0.1, 0.15) is 5.69 Å². The van der Waals surface area contributed by atoms with Gasteiger partial charge in [-0.25, -0.2) is 14.8 Å². The molecule has 0 aliphatic carbocycles. The van der Waals surface area contributed by atoms with E-state index >= 15 is 0 Å². The molecule has 180 valence electrons. The van der Waals surface area contributed by atoms with Crippen LogP contribution in [0.2, 0.25) is 0 Å². The minimum absolute atomic E-state index is 0.0570. The molecule has 0 spiro atoms. The van der Waals surface area contributed by atoms with Crippen LogP contribution < -0.4 is 5.32 Å². The van der Waals surface area contributed by atoms with Crippen LogP contribution in [0, 0.1) is 20.4 Å². The highest BCUT2D eigenvalue weighted by atomic mass is 16.3. The summed E-state index contributed by atoms with van der Waals surface area (Å²) in [4.78, 5) is 25.1. The fourth-order valence-corrected chi connectivity index (χ4v) is 3.79. The van der Waals surface area contributed by atoms with Crippen molar-refractivity contribution < 1.29 is 9.90 Å². The number of azo groups is 1. The fourth-order valence-electron chi connectivity index (χ4n) is 3.79. The Kier molecular flexibility index (Phi) is 6.10. The van der Waals surface area contributed by atoms with Gasteiger partial charge in [-0.1, -0.05) is 30.3 Å². The molecule has 0 unspecified atom stereocenters. The minimum atomic E-state index is -0.487. The van der Waals surface area contributed by atoms with Crippen molar-refractivity contribution in [1.29, 1.82) is 0 Å². The van der Waals surface area contributed by atoms with Gasteiger partial charge in [0.05, 0.1) is 18.3 Å². The molecule has 0 saturated heterocycles. The number of carbonyl (C=O) groups excluding carboxylic acids is 1. The minimum Gasteiger partial charge on any atom is -0.505 e. The van der Waals surface area contributed by atoms with Gasteiger partial charge in [-0.3, -0.25) is 4.79 Å². The molecule has 0 aliphatic rings. The summed E-state index contributed by atoms with van der Waals surface area (Å²) in [5.41, 5.74) is 3.00. The molecule has 2 N–H and O–H groups in total. The Balaban J connectivity index is 1.59. The second-order valence-corrected chi connectivity index (χ2v) is 8.22. The summed E-state index contributed by atoms with van der Waals surface area (Å²) in [6.07, 6.45) is 4.41. The van der Waals surface area contributed by atoms with Gasteiger partial charge in [-0.05, 0) is 60.0 Å².